The van der Waals surface area contributed by atoms with Crippen molar-refractivity contribution < 1.29 is 19.1 Å². The number of nitrogens with zero attached hydrogens (tertiary/aromatic N) is 3. The van der Waals surface area contributed by atoms with E-state index in [9.17, 15) is 19.1 Å². The van der Waals surface area contributed by atoms with E-state index < -0.39 is 23.2 Å². The van der Waals surface area contributed by atoms with Crippen molar-refractivity contribution in [3.05, 3.63) is 59.5 Å². The normalized spacial score (nSPS) is 18.7. The molecular weight excluding hydrogens is 375 g/mol. The molecule has 8 heteroatoms. The van der Waals surface area contributed by atoms with Crippen molar-refractivity contribution in [1.29, 1.82) is 0 Å². The minimum atomic E-state index is -1.70. The second-order valence-electron chi connectivity index (χ2n) is 6.92. The van der Waals surface area contributed by atoms with Crippen LogP contribution in [0.2, 0.25) is 0 Å². The van der Waals surface area contributed by atoms with Crippen LogP contribution in [0.5, 0.6) is 0 Å². The van der Waals surface area contributed by atoms with Gasteiger partial charge in [0.1, 0.15) is 5.82 Å². The van der Waals surface area contributed by atoms with E-state index >= 15 is 0 Å². The highest BCUT2D eigenvalue weighted by molar-refractivity contribution is 6.04. The summed E-state index contributed by atoms with van der Waals surface area (Å²) in [7, 11) is 1.61. The molecule has 29 heavy (non-hydrogen) atoms. The molecular formula is C21H17FN4O3. The van der Waals surface area contributed by atoms with E-state index in [-0.39, 0.29) is 12.1 Å². The van der Waals surface area contributed by atoms with Crippen molar-refractivity contribution >= 4 is 22.7 Å². The number of nitrogens with two attached hydrogens (primary N) is 1. The lowest BCUT2D eigenvalue weighted by atomic mass is 10.0. The standard InChI is InChI=1S/C21H17FN4O3/c1-25-10-9-21(29,20(25)28)8-7-13-3-2-4-15(11-13)26-17-12-14(22)5-6-16(17)18(24-26)19(23)27/h2-6,11-12,29H,9-10H2,1H3,(H2,23,27). The maximum absolute atomic E-state index is 13.8. The topological polar surface area (TPSA) is 101 Å². The lowest BCUT2D eigenvalue weighted by Gasteiger charge is -2.13. The van der Waals surface area contributed by atoms with Gasteiger partial charge in [-0.05, 0) is 30.3 Å². The molecule has 0 spiro atoms. The van der Waals surface area contributed by atoms with Crippen LogP contribution in [0.4, 0.5) is 4.39 Å². The zero-order valence-corrected chi connectivity index (χ0v) is 15.5. The summed E-state index contributed by atoms with van der Waals surface area (Å²) < 4.78 is 15.2. The lowest BCUT2D eigenvalue weighted by Crippen LogP contribution is -2.37. The summed E-state index contributed by atoms with van der Waals surface area (Å²) in [6, 6.07) is 10.8. The summed E-state index contributed by atoms with van der Waals surface area (Å²) in [6.45, 7) is 0.435. The monoisotopic (exact) mass is 392 g/mol. The molecule has 1 aromatic heterocycles. The Morgan fingerprint density at radius 3 is 2.79 bits per heavy atom. The number of amides is 2. The zero-order valence-electron chi connectivity index (χ0n) is 15.5. The number of carbonyl (C=O) groups is 2. The van der Waals surface area contributed by atoms with Crippen molar-refractivity contribution in [2.75, 3.05) is 13.6 Å². The van der Waals surface area contributed by atoms with Crippen molar-refractivity contribution in [2.45, 2.75) is 12.0 Å². The van der Waals surface area contributed by atoms with Gasteiger partial charge in [0.05, 0.1) is 11.2 Å². The van der Waals surface area contributed by atoms with Crippen LogP contribution in [-0.2, 0) is 4.79 Å². The Hall–Kier alpha value is -3.70. The SMILES string of the molecule is CN1CCC(O)(C#Cc2cccc(-n3nc(C(N)=O)c4ccc(F)cc43)c2)C1=O. The number of likely N-dealkylation sites (tertiary alicyclic amines) is 1. The Morgan fingerprint density at radius 1 is 1.31 bits per heavy atom. The van der Waals surface area contributed by atoms with Crippen molar-refractivity contribution in [3.8, 4) is 17.5 Å². The number of aliphatic hydroxyl groups is 1. The Balaban J connectivity index is 1.78. The molecule has 1 aliphatic rings. The number of benzene rings is 2. The first-order valence-corrected chi connectivity index (χ1v) is 8.88. The highest BCUT2D eigenvalue weighted by Crippen LogP contribution is 2.24. The second kappa shape index (κ2) is 6.72. The molecule has 3 aromatic rings. The Labute approximate surface area is 165 Å². The molecule has 0 aliphatic carbocycles. The van der Waals surface area contributed by atoms with Crippen LogP contribution in [-0.4, -0.2) is 50.8 Å². The number of primary amides is 1. The predicted octanol–water partition coefficient (Wildman–Crippen LogP) is 1.21. The van der Waals surface area contributed by atoms with Gasteiger partial charge in [0.2, 0.25) is 5.60 Å². The van der Waals surface area contributed by atoms with E-state index in [0.717, 1.165) is 0 Å². The first-order chi connectivity index (χ1) is 13.8. The van der Waals surface area contributed by atoms with E-state index in [1.54, 1.807) is 31.3 Å². The fraction of sp³-hybridized carbons (Fsp3) is 0.190. The maximum atomic E-state index is 13.8. The molecule has 3 N–H and O–H groups in total. The molecule has 1 fully saturated rings. The summed E-state index contributed by atoms with van der Waals surface area (Å²) in [4.78, 5) is 25.2. The highest BCUT2D eigenvalue weighted by atomic mass is 19.1. The van der Waals surface area contributed by atoms with Gasteiger partial charge in [-0.2, -0.15) is 5.10 Å². The summed E-state index contributed by atoms with van der Waals surface area (Å²) in [6.07, 6.45) is 0.236. The van der Waals surface area contributed by atoms with E-state index in [1.165, 1.54) is 27.8 Å². The average molecular weight is 392 g/mol. The average Bonchev–Trinajstić information content (AvgIpc) is 3.20. The van der Waals surface area contributed by atoms with E-state index in [4.69, 9.17) is 5.73 Å². The molecule has 4 rings (SSSR count). The summed E-state index contributed by atoms with van der Waals surface area (Å²) >= 11 is 0. The minimum Gasteiger partial charge on any atom is -0.369 e. The second-order valence-corrected chi connectivity index (χ2v) is 6.92. The largest absolute Gasteiger partial charge is 0.369 e. The molecule has 1 aliphatic heterocycles. The fourth-order valence-corrected chi connectivity index (χ4v) is 3.33. The van der Waals surface area contributed by atoms with E-state index in [1.807, 2.05) is 0 Å². The van der Waals surface area contributed by atoms with Gasteiger partial charge in [-0.15, -0.1) is 0 Å². The number of hydrogen-bond donors (Lipinski definition) is 2. The lowest BCUT2D eigenvalue weighted by molar-refractivity contribution is -0.137. The Morgan fingerprint density at radius 2 is 2.10 bits per heavy atom. The summed E-state index contributed by atoms with van der Waals surface area (Å²) in [5, 5.41) is 15.1. The van der Waals surface area contributed by atoms with Crippen LogP contribution < -0.4 is 5.73 Å². The number of rotatable bonds is 2. The van der Waals surface area contributed by atoms with Crippen molar-refractivity contribution in [3.63, 3.8) is 0 Å². The quantitative estimate of drug-likeness (QED) is 0.640. The molecule has 2 aromatic carbocycles. The molecule has 1 saturated heterocycles. The number of fused-ring (bicyclic) bond motifs is 1. The van der Waals surface area contributed by atoms with Gasteiger partial charge < -0.3 is 15.7 Å². The summed E-state index contributed by atoms with van der Waals surface area (Å²) in [5.41, 5.74) is 5.17. The Bertz CT molecular complexity index is 1220. The first kappa shape index (κ1) is 18.7. The van der Waals surface area contributed by atoms with Crippen molar-refractivity contribution in [2.24, 2.45) is 5.73 Å². The predicted molar refractivity (Wildman–Crippen MR) is 104 cm³/mol. The molecule has 0 radical (unpaired) electrons. The molecule has 0 bridgehead atoms. The number of halogens is 1. The number of hydrogen-bond acceptors (Lipinski definition) is 4. The van der Waals surface area contributed by atoms with Crippen molar-refractivity contribution in [1.82, 2.24) is 14.7 Å². The molecule has 1 atom stereocenters. The number of carbonyl (C=O) groups excluding carboxylic acids is 2. The third-order valence-corrected chi connectivity index (χ3v) is 4.89. The van der Waals surface area contributed by atoms with Crippen LogP contribution in [0.1, 0.15) is 22.5 Å². The van der Waals surface area contributed by atoms with Gasteiger partial charge in [0.15, 0.2) is 5.69 Å². The van der Waals surface area contributed by atoms with Gasteiger partial charge in [0, 0.05) is 37.0 Å². The molecule has 7 nitrogen and oxygen atoms in total. The number of likely N-dealkylation sites (N-methyl/N-ethyl adjacent to an activating group) is 1. The Kier molecular flexibility index (Phi) is 4.32. The van der Waals surface area contributed by atoms with Crippen LogP contribution in [0.3, 0.4) is 0 Å². The smallest absolute Gasteiger partial charge is 0.269 e. The van der Waals surface area contributed by atoms with Crippen LogP contribution in [0, 0.1) is 17.7 Å². The van der Waals surface area contributed by atoms with E-state index in [0.29, 0.717) is 28.7 Å². The highest BCUT2D eigenvalue weighted by Gasteiger charge is 2.42. The zero-order chi connectivity index (χ0) is 20.8. The molecule has 1 unspecified atom stereocenters. The first-order valence-electron chi connectivity index (χ1n) is 8.88. The van der Waals surface area contributed by atoms with Crippen LogP contribution in [0.15, 0.2) is 42.5 Å². The molecule has 2 amide bonds. The number of aromatic nitrogens is 2. The van der Waals surface area contributed by atoms with Crippen LogP contribution in [0.25, 0.3) is 16.6 Å². The molecule has 2 heterocycles. The molecule has 146 valence electrons. The van der Waals surface area contributed by atoms with Gasteiger partial charge in [0.25, 0.3) is 11.8 Å². The van der Waals surface area contributed by atoms with Gasteiger partial charge in [-0.1, -0.05) is 17.9 Å². The fourth-order valence-electron chi connectivity index (χ4n) is 3.33. The van der Waals surface area contributed by atoms with Gasteiger partial charge >= 0.3 is 0 Å². The maximum Gasteiger partial charge on any atom is 0.269 e. The van der Waals surface area contributed by atoms with Crippen LogP contribution >= 0.6 is 0 Å². The summed E-state index contributed by atoms with van der Waals surface area (Å²) in [5.74, 6) is 3.85. The molecule has 0 saturated carbocycles. The van der Waals surface area contributed by atoms with Gasteiger partial charge in [-0.3, -0.25) is 9.59 Å². The third kappa shape index (κ3) is 3.22. The van der Waals surface area contributed by atoms with E-state index in [2.05, 4.69) is 16.9 Å². The third-order valence-electron chi connectivity index (χ3n) is 4.89. The van der Waals surface area contributed by atoms with Gasteiger partial charge in [-0.25, -0.2) is 9.07 Å². The minimum absolute atomic E-state index is 0.0328.